The first-order valence-corrected chi connectivity index (χ1v) is 11.0. The molecule has 3 N–H and O–H groups in total. The molecule has 1 aliphatic carbocycles. The van der Waals surface area contributed by atoms with Gasteiger partial charge in [-0.05, 0) is 43.0 Å². The number of pyridine rings is 1. The van der Waals surface area contributed by atoms with E-state index in [4.69, 9.17) is 10.8 Å². The van der Waals surface area contributed by atoms with Gasteiger partial charge in [0.2, 0.25) is 0 Å². The van der Waals surface area contributed by atoms with Crippen molar-refractivity contribution in [3.05, 3.63) is 23.4 Å². The van der Waals surface area contributed by atoms with Crippen molar-refractivity contribution >= 4 is 26.5 Å². The lowest BCUT2D eigenvalue weighted by atomic mass is 10.2. The summed E-state index contributed by atoms with van der Waals surface area (Å²) in [5, 5.41) is 8.27. The van der Waals surface area contributed by atoms with Crippen molar-refractivity contribution < 1.29 is 4.48 Å². The summed E-state index contributed by atoms with van der Waals surface area (Å²) in [5.41, 5.74) is 11.0. The van der Waals surface area contributed by atoms with E-state index in [1.165, 1.54) is 60.3 Å². The van der Waals surface area contributed by atoms with Crippen LogP contribution in [-0.2, 0) is 12.8 Å². The van der Waals surface area contributed by atoms with E-state index in [1.54, 1.807) is 0 Å². The fraction of sp³-hybridized carbons (Fsp3) is 0.588. The molecule has 0 radical (unpaired) electrons. The Balaban J connectivity index is 1.50. The first-order chi connectivity index (χ1) is 11.2. The average molecular weight is 331 g/mol. The molecule has 0 unspecified atom stereocenters. The highest BCUT2D eigenvalue weighted by molar-refractivity contribution is 6.35. The molecule has 5 nitrogen and oxygen atoms in total. The summed E-state index contributed by atoms with van der Waals surface area (Å²) < 4.78 is 3.28. The molecule has 3 heterocycles. The van der Waals surface area contributed by atoms with Gasteiger partial charge in [-0.2, -0.15) is 0 Å². The van der Waals surface area contributed by atoms with Crippen LogP contribution in [0, 0.1) is 0 Å². The van der Waals surface area contributed by atoms with Gasteiger partial charge in [-0.1, -0.05) is 6.07 Å². The minimum absolute atomic E-state index is 0.265. The molecule has 0 spiro atoms. The monoisotopic (exact) mass is 330 g/mol. The van der Waals surface area contributed by atoms with Gasteiger partial charge in [0, 0.05) is 15.2 Å². The second kappa shape index (κ2) is 5.83. The van der Waals surface area contributed by atoms with Gasteiger partial charge in [0.1, 0.15) is 5.69 Å². The summed E-state index contributed by atoms with van der Waals surface area (Å²) in [6, 6.07) is 7.35. The number of nitrogens with one attached hydrogen (secondary N) is 1. The van der Waals surface area contributed by atoms with E-state index in [0.717, 1.165) is 30.0 Å². The molecule has 124 valence electrons. The van der Waals surface area contributed by atoms with Crippen molar-refractivity contribution in [2.75, 3.05) is 44.3 Å². The lowest BCUT2D eigenvalue weighted by molar-refractivity contribution is -0.905. The summed E-state index contributed by atoms with van der Waals surface area (Å²) >= 11 is 0. The highest BCUT2D eigenvalue weighted by Gasteiger charge is 2.24. The van der Waals surface area contributed by atoms with Gasteiger partial charge in [0.05, 0.1) is 38.7 Å². The molecule has 1 saturated heterocycles. The zero-order valence-corrected chi connectivity index (χ0v) is 15.6. The molecule has 2 aromatic rings. The number of nitrogens with two attached hydrogens (primary N) is 1. The van der Waals surface area contributed by atoms with Crippen LogP contribution in [0.2, 0.25) is 12.1 Å². The molecule has 1 fully saturated rings. The predicted octanol–water partition coefficient (Wildman–Crippen LogP) is 1.28. The quantitative estimate of drug-likeness (QED) is 0.656. The Hall–Kier alpha value is -1.53. The summed E-state index contributed by atoms with van der Waals surface area (Å²) in [6.45, 7) is 4.85. The number of aromatic nitrogens is 2. The highest BCUT2D eigenvalue weighted by Crippen LogP contribution is 2.29. The highest BCUT2D eigenvalue weighted by atomic mass is 28.2. The predicted molar refractivity (Wildman–Crippen MR) is 99.1 cm³/mol. The topological polar surface area (TPSA) is 55.4 Å². The number of likely N-dealkylation sites (N-methyl/N-ethyl adjacent to an activating group) is 1. The number of hydrogen-bond donors (Lipinski definition) is 2. The fourth-order valence-corrected chi connectivity index (χ4v) is 6.56. The summed E-state index contributed by atoms with van der Waals surface area (Å²) in [5.74, 6) is 0.864. The fourth-order valence-electron chi connectivity index (χ4n) is 4.24. The van der Waals surface area contributed by atoms with Gasteiger partial charge in [-0.3, -0.25) is 0 Å². The minimum atomic E-state index is 0.265. The summed E-state index contributed by atoms with van der Waals surface area (Å²) in [4.78, 5) is 0. The molecule has 0 bridgehead atoms. The van der Waals surface area contributed by atoms with Crippen LogP contribution in [0.5, 0.6) is 0 Å². The largest absolute Gasteiger partial charge is 0.394 e. The van der Waals surface area contributed by atoms with Crippen molar-refractivity contribution in [3.8, 4) is 0 Å². The number of aryl methyl sites for hydroxylation is 2. The van der Waals surface area contributed by atoms with Crippen molar-refractivity contribution in [2.45, 2.75) is 31.4 Å². The Bertz CT molecular complexity index is 717. The van der Waals surface area contributed by atoms with Gasteiger partial charge in [-0.25, -0.2) is 4.52 Å². The van der Waals surface area contributed by atoms with Gasteiger partial charge in [-0.15, -0.1) is 5.10 Å². The molecule has 0 atom stereocenters. The second-order valence-corrected chi connectivity index (χ2v) is 9.62. The maximum Gasteiger partial charge on any atom is 0.172 e. The van der Waals surface area contributed by atoms with Crippen molar-refractivity contribution in [1.82, 2.24) is 9.61 Å². The lowest BCUT2D eigenvalue weighted by Crippen LogP contribution is -2.51. The minimum Gasteiger partial charge on any atom is -0.394 e. The van der Waals surface area contributed by atoms with Gasteiger partial charge in [0.25, 0.3) is 0 Å². The number of hydrogen-bond acceptors (Lipinski definition) is 3. The van der Waals surface area contributed by atoms with Crippen molar-refractivity contribution in [1.29, 1.82) is 0 Å². The Kier molecular flexibility index (Phi) is 3.81. The molecule has 23 heavy (non-hydrogen) atoms. The number of quaternary nitrogens is 1. The molecule has 2 aliphatic rings. The Labute approximate surface area is 140 Å². The van der Waals surface area contributed by atoms with E-state index in [2.05, 4.69) is 29.0 Å². The van der Waals surface area contributed by atoms with Crippen LogP contribution in [0.25, 0.3) is 5.52 Å². The Morgan fingerprint density at radius 2 is 2.13 bits per heavy atom. The first-order valence-electron chi connectivity index (χ1n) is 9.03. The number of anilines is 2. The number of rotatable bonds is 4. The lowest BCUT2D eigenvalue weighted by Gasteiger charge is -2.37. The van der Waals surface area contributed by atoms with Crippen LogP contribution < -0.4 is 11.1 Å². The maximum atomic E-state index is 6.34. The third kappa shape index (κ3) is 2.74. The normalized spacial score (nSPS) is 25.1. The summed E-state index contributed by atoms with van der Waals surface area (Å²) in [6.07, 6.45) is 3.52. The van der Waals surface area contributed by atoms with E-state index in [-0.39, 0.29) is 9.52 Å². The molecule has 6 heteroatoms. The maximum absolute atomic E-state index is 6.34. The van der Waals surface area contributed by atoms with Gasteiger partial charge >= 0.3 is 0 Å². The Morgan fingerprint density at radius 1 is 1.30 bits per heavy atom. The second-order valence-electron chi connectivity index (χ2n) is 7.50. The van der Waals surface area contributed by atoms with Crippen molar-refractivity contribution in [3.63, 3.8) is 0 Å². The zero-order chi connectivity index (χ0) is 15.9. The van der Waals surface area contributed by atoms with Gasteiger partial charge in [0.15, 0.2) is 5.82 Å². The number of nitrogens with zero attached hydrogens (tertiary/aromatic N) is 3. The third-order valence-electron chi connectivity index (χ3n) is 5.73. The summed E-state index contributed by atoms with van der Waals surface area (Å²) in [7, 11) is 2.66. The van der Waals surface area contributed by atoms with E-state index < -0.39 is 0 Å². The van der Waals surface area contributed by atoms with E-state index >= 15 is 0 Å². The SMILES string of the molecule is C[N+]1(CCNc2nn3c4c(ccc3c2N)CCC4)CC[SiH2]CC1. The molecule has 0 saturated carbocycles. The van der Waals surface area contributed by atoms with Gasteiger partial charge < -0.3 is 15.5 Å². The number of fused-ring (bicyclic) bond motifs is 3. The number of nitrogen functional groups attached to an aromatic ring is 1. The smallest absolute Gasteiger partial charge is 0.172 e. The van der Waals surface area contributed by atoms with E-state index in [0.29, 0.717) is 0 Å². The molecule has 2 aromatic heterocycles. The average Bonchev–Trinajstić information content (AvgIpc) is 3.13. The molecular weight excluding hydrogens is 302 g/mol. The zero-order valence-electron chi connectivity index (χ0n) is 14.1. The van der Waals surface area contributed by atoms with Crippen LogP contribution in [-0.4, -0.2) is 56.8 Å². The van der Waals surface area contributed by atoms with E-state index in [1.807, 2.05) is 0 Å². The molecular formula is C17H28N5Si+. The van der Waals surface area contributed by atoms with Crippen molar-refractivity contribution in [2.24, 2.45) is 0 Å². The van der Waals surface area contributed by atoms with E-state index in [9.17, 15) is 0 Å². The van der Waals surface area contributed by atoms with Crippen LogP contribution >= 0.6 is 0 Å². The molecule has 4 rings (SSSR count). The first kappa shape index (κ1) is 15.0. The van der Waals surface area contributed by atoms with Crippen LogP contribution in [0.15, 0.2) is 12.1 Å². The standard InChI is InChI=1S/C17H28N5Si/c1-22(9-11-23-12-10-22)8-7-19-17-16(18)15-6-5-13-3-2-4-14(13)21(15)20-17/h5-6H,2-4,7-12,18,23H2,1H3,(H,19,20)/q+1. The Morgan fingerprint density at radius 3 is 2.96 bits per heavy atom. The van der Waals surface area contributed by atoms with Crippen LogP contribution in [0.3, 0.4) is 0 Å². The molecule has 0 aromatic carbocycles. The molecule has 1 aliphatic heterocycles. The van der Waals surface area contributed by atoms with Crippen LogP contribution in [0.1, 0.15) is 17.7 Å². The molecule has 0 amide bonds. The van der Waals surface area contributed by atoms with Crippen LogP contribution in [0.4, 0.5) is 11.5 Å². The third-order valence-corrected chi connectivity index (χ3v) is 7.36.